The Morgan fingerprint density at radius 3 is 2.46 bits per heavy atom. The highest BCUT2D eigenvalue weighted by Gasteiger charge is 2.52. The first-order valence-electron chi connectivity index (χ1n) is 7.62. The van der Waals surface area contributed by atoms with Gasteiger partial charge in [-0.05, 0) is 39.2 Å². The Balaban J connectivity index is 2.37. The number of methoxy groups -OCH3 is 1. The minimum absolute atomic E-state index is 0.227. The second-order valence-corrected chi connectivity index (χ2v) is 6.66. The van der Waals surface area contributed by atoms with Gasteiger partial charge in [0.1, 0.15) is 5.82 Å². The van der Waals surface area contributed by atoms with E-state index in [9.17, 15) is 9.90 Å². The molecule has 24 heavy (non-hydrogen) atoms. The van der Waals surface area contributed by atoms with Crippen LogP contribution in [0, 0.1) is 0 Å². The van der Waals surface area contributed by atoms with Crippen LogP contribution < -0.4 is 5.73 Å². The van der Waals surface area contributed by atoms with Crippen LogP contribution in [0.15, 0.2) is 17.7 Å². The average Bonchev–Trinajstić information content (AvgIpc) is 2.73. The van der Waals surface area contributed by atoms with Gasteiger partial charge < -0.3 is 24.9 Å². The lowest BCUT2D eigenvalue weighted by atomic mass is 9.77. The molecule has 2 heterocycles. The Labute approximate surface area is 141 Å². The summed E-state index contributed by atoms with van der Waals surface area (Å²) in [5, 5.41) is 9.72. The van der Waals surface area contributed by atoms with E-state index in [1.165, 1.54) is 13.3 Å². The number of carbonyl (C=O) groups excluding carboxylic acids is 1. The van der Waals surface area contributed by atoms with Crippen LogP contribution >= 0.6 is 0 Å². The third kappa shape index (κ3) is 3.45. The van der Waals surface area contributed by atoms with Crippen LogP contribution in [-0.2, 0) is 14.0 Å². The summed E-state index contributed by atoms with van der Waals surface area (Å²) in [5.41, 5.74) is 6.06. The minimum Gasteiger partial charge on any atom is -0.465 e. The van der Waals surface area contributed by atoms with Gasteiger partial charge in [0, 0.05) is 11.8 Å². The Morgan fingerprint density at radius 1 is 1.38 bits per heavy atom. The van der Waals surface area contributed by atoms with Gasteiger partial charge in [0.05, 0.1) is 30.5 Å². The fourth-order valence-electron chi connectivity index (χ4n) is 2.22. The van der Waals surface area contributed by atoms with E-state index in [4.69, 9.17) is 15.0 Å². The van der Waals surface area contributed by atoms with Crippen molar-refractivity contribution < 1.29 is 23.9 Å². The third-order valence-electron chi connectivity index (χ3n) is 4.45. The van der Waals surface area contributed by atoms with E-state index in [0.29, 0.717) is 11.0 Å². The van der Waals surface area contributed by atoms with Crippen LogP contribution in [0.4, 0.5) is 5.82 Å². The molecule has 1 aromatic rings. The van der Waals surface area contributed by atoms with Gasteiger partial charge in [0.2, 0.25) is 0 Å². The van der Waals surface area contributed by atoms with Crippen molar-refractivity contribution in [1.29, 1.82) is 0 Å². The summed E-state index contributed by atoms with van der Waals surface area (Å²) >= 11 is 0. The smallest absolute Gasteiger partial charge is 0.465 e. The lowest BCUT2D eigenvalue weighted by Gasteiger charge is -2.32. The Morgan fingerprint density at radius 2 is 1.96 bits per heavy atom. The number of nitrogens with zero attached hydrogens (tertiary/aromatic N) is 1. The predicted octanol–water partition coefficient (Wildman–Crippen LogP) is 1.46. The maximum atomic E-state index is 11.6. The van der Waals surface area contributed by atoms with Gasteiger partial charge in [-0.2, -0.15) is 0 Å². The summed E-state index contributed by atoms with van der Waals surface area (Å²) in [4.78, 5) is 15.6. The van der Waals surface area contributed by atoms with Crippen LogP contribution in [0.25, 0.3) is 6.08 Å². The molecule has 0 aromatic carbocycles. The van der Waals surface area contributed by atoms with Gasteiger partial charge in [-0.25, -0.2) is 9.78 Å². The molecule has 130 valence electrons. The second kappa shape index (κ2) is 6.54. The molecule has 0 radical (unpaired) electrons. The number of pyridine rings is 1. The average molecular weight is 334 g/mol. The van der Waals surface area contributed by atoms with E-state index in [2.05, 4.69) is 9.72 Å². The Bertz CT molecular complexity index is 656. The summed E-state index contributed by atoms with van der Waals surface area (Å²) < 4.78 is 16.5. The Kier molecular flexibility index (Phi) is 5.03. The first kappa shape index (κ1) is 18.4. The van der Waals surface area contributed by atoms with E-state index >= 15 is 0 Å². The topological polar surface area (TPSA) is 104 Å². The standard InChI is InChI=1S/C16H23BN2O5/c1-15(2)16(3,4)24-17(23-15)12(9-20)7-10-6-11(14(21)22-5)8-19-13(10)18/h6-8,20H,9H2,1-5H3,(H2,18,19). The van der Waals surface area contributed by atoms with Crippen LogP contribution in [-0.4, -0.2) is 48.1 Å². The first-order chi connectivity index (χ1) is 11.1. The number of aromatic nitrogens is 1. The minimum atomic E-state index is -0.707. The molecule has 2 rings (SSSR count). The van der Waals surface area contributed by atoms with Crippen molar-refractivity contribution in [3.05, 3.63) is 28.9 Å². The number of esters is 1. The molecule has 1 fully saturated rings. The quantitative estimate of drug-likeness (QED) is 0.634. The number of aliphatic hydroxyl groups excluding tert-OH is 1. The monoisotopic (exact) mass is 334 g/mol. The molecule has 8 heteroatoms. The molecular weight excluding hydrogens is 311 g/mol. The predicted molar refractivity (Wildman–Crippen MR) is 91.1 cm³/mol. The van der Waals surface area contributed by atoms with Crippen LogP contribution in [0.2, 0.25) is 0 Å². The largest absolute Gasteiger partial charge is 0.492 e. The zero-order valence-electron chi connectivity index (χ0n) is 14.6. The van der Waals surface area contributed by atoms with Crippen molar-refractivity contribution in [2.24, 2.45) is 0 Å². The number of carbonyl (C=O) groups is 1. The van der Waals surface area contributed by atoms with Gasteiger partial charge in [0.25, 0.3) is 0 Å². The van der Waals surface area contributed by atoms with Crippen LogP contribution in [0.3, 0.4) is 0 Å². The lowest BCUT2D eigenvalue weighted by Crippen LogP contribution is -2.41. The zero-order chi connectivity index (χ0) is 18.1. The van der Waals surface area contributed by atoms with Crippen molar-refractivity contribution in [3.63, 3.8) is 0 Å². The fourth-order valence-corrected chi connectivity index (χ4v) is 2.22. The number of aliphatic hydroxyl groups is 1. The van der Waals surface area contributed by atoms with Crippen LogP contribution in [0.5, 0.6) is 0 Å². The number of rotatable bonds is 4. The van der Waals surface area contributed by atoms with Gasteiger partial charge in [0.15, 0.2) is 0 Å². The molecule has 3 N–H and O–H groups in total. The molecular formula is C16H23BN2O5. The lowest BCUT2D eigenvalue weighted by molar-refractivity contribution is 0.00578. The molecule has 0 unspecified atom stereocenters. The molecule has 1 aliphatic heterocycles. The highest BCUT2D eigenvalue weighted by Crippen LogP contribution is 2.38. The van der Waals surface area contributed by atoms with Gasteiger partial charge in [-0.15, -0.1) is 0 Å². The van der Waals surface area contributed by atoms with E-state index < -0.39 is 24.3 Å². The van der Waals surface area contributed by atoms with Crippen molar-refractivity contribution in [1.82, 2.24) is 4.98 Å². The molecule has 0 saturated carbocycles. The number of ether oxygens (including phenoxy) is 1. The van der Waals surface area contributed by atoms with E-state index in [1.807, 2.05) is 27.7 Å². The zero-order valence-corrected chi connectivity index (χ0v) is 14.6. The van der Waals surface area contributed by atoms with Crippen molar-refractivity contribution in [2.45, 2.75) is 38.9 Å². The summed E-state index contributed by atoms with van der Waals surface area (Å²) in [6, 6.07) is 1.55. The molecule has 1 saturated heterocycles. The number of hydrogen-bond acceptors (Lipinski definition) is 7. The fraction of sp³-hybridized carbons (Fsp3) is 0.500. The highest BCUT2D eigenvalue weighted by atomic mass is 16.7. The summed E-state index contributed by atoms with van der Waals surface area (Å²) in [7, 11) is 0.582. The first-order valence-corrected chi connectivity index (χ1v) is 7.62. The maximum absolute atomic E-state index is 11.6. The summed E-state index contributed by atoms with van der Waals surface area (Å²) in [6.45, 7) is 7.43. The molecule has 0 aliphatic carbocycles. The van der Waals surface area contributed by atoms with Gasteiger partial charge >= 0.3 is 13.1 Å². The van der Waals surface area contributed by atoms with Gasteiger partial charge in [-0.1, -0.05) is 6.08 Å². The number of hydrogen-bond donors (Lipinski definition) is 2. The molecule has 0 bridgehead atoms. The molecule has 1 aromatic heterocycles. The van der Waals surface area contributed by atoms with E-state index in [-0.39, 0.29) is 18.0 Å². The molecule has 0 atom stereocenters. The summed E-state index contributed by atoms with van der Waals surface area (Å²) in [5.74, 6) is -0.288. The molecule has 0 amide bonds. The van der Waals surface area contributed by atoms with Crippen LogP contribution in [0.1, 0.15) is 43.6 Å². The maximum Gasteiger partial charge on any atom is 0.492 e. The molecule has 7 nitrogen and oxygen atoms in total. The SMILES string of the molecule is COC(=O)c1cnc(N)c(C=C(CO)B2OC(C)(C)C(C)(C)O2)c1. The molecule has 1 aliphatic rings. The Hall–Kier alpha value is -1.90. The van der Waals surface area contributed by atoms with Crippen molar-refractivity contribution in [2.75, 3.05) is 19.5 Å². The normalized spacial score (nSPS) is 19.4. The number of nitrogen functional groups attached to an aromatic ring is 1. The summed E-state index contributed by atoms with van der Waals surface area (Å²) in [6.07, 6.45) is 2.96. The van der Waals surface area contributed by atoms with E-state index in [0.717, 1.165) is 0 Å². The van der Waals surface area contributed by atoms with Crippen molar-refractivity contribution in [3.8, 4) is 0 Å². The second-order valence-electron chi connectivity index (χ2n) is 6.66. The molecule has 0 spiro atoms. The highest BCUT2D eigenvalue weighted by molar-refractivity contribution is 6.55. The third-order valence-corrected chi connectivity index (χ3v) is 4.45. The van der Waals surface area contributed by atoms with Crippen molar-refractivity contribution >= 4 is 25.0 Å². The number of nitrogens with two attached hydrogens (primary N) is 1. The number of anilines is 1. The van der Waals surface area contributed by atoms with E-state index in [1.54, 1.807) is 12.1 Å². The van der Waals surface area contributed by atoms with Gasteiger partial charge in [-0.3, -0.25) is 0 Å².